The molecular weight excluding hydrogens is 319 g/mol. The Balaban J connectivity index is 2.48. The Labute approximate surface area is 121 Å². The Hall–Kier alpha value is -0.790. The molecule has 1 atom stereocenters. The standard InChI is InChI=1S/C11H7ClF3NOS2/c1-5-9(17)16(10(18)19-5)6-2-3-8(12)7(4-6)11(13,14)15/h2-5H,1H3. The summed E-state index contributed by atoms with van der Waals surface area (Å²) in [5.74, 6) is -0.328. The number of rotatable bonds is 1. The van der Waals surface area contributed by atoms with Crippen molar-refractivity contribution in [2.75, 3.05) is 4.90 Å². The number of anilines is 1. The average molecular weight is 326 g/mol. The first-order valence-electron chi connectivity index (χ1n) is 5.13. The summed E-state index contributed by atoms with van der Waals surface area (Å²) in [6.45, 7) is 1.65. The number of alkyl halides is 3. The number of carbonyl (C=O) groups excluding carboxylic acids is 1. The molecule has 1 aromatic carbocycles. The molecule has 2 rings (SSSR count). The fraction of sp³-hybridized carbons (Fsp3) is 0.273. The summed E-state index contributed by atoms with van der Waals surface area (Å²) < 4.78 is 38.5. The fourth-order valence-corrected chi connectivity index (χ4v) is 3.29. The molecule has 0 N–H and O–H groups in total. The van der Waals surface area contributed by atoms with Crippen molar-refractivity contribution in [2.45, 2.75) is 18.3 Å². The Morgan fingerprint density at radius 3 is 2.53 bits per heavy atom. The largest absolute Gasteiger partial charge is 0.417 e. The van der Waals surface area contributed by atoms with Crippen LogP contribution in [0.15, 0.2) is 18.2 Å². The summed E-state index contributed by atoms with van der Waals surface area (Å²) in [5.41, 5.74) is -0.893. The van der Waals surface area contributed by atoms with Gasteiger partial charge in [-0.1, -0.05) is 35.6 Å². The number of hydrogen-bond donors (Lipinski definition) is 0. The van der Waals surface area contributed by atoms with E-state index in [4.69, 9.17) is 23.8 Å². The van der Waals surface area contributed by atoms with Gasteiger partial charge >= 0.3 is 6.18 Å². The Morgan fingerprint density at radius 2 is 2.05 bits per heavy atom. The van der Waals surface area contributed by atoms with E-state index in [0.717, 1.165) is 28.8 Å². The lowest BCUT2D eigenvalue weighted by Gasteiger charge is -2.18. The van der Waals surface area contributed by atoms with Gasteiger partial charge < -0.3 is 0 Å². The van der Waals surface area contributed by atoms with Crippen LogP contribution in [0.2, 0.25) is 5.02 Å². The van der Waals surface area contributed by atoms with Crippen LogP contribution in [-0.2, 0) is 11.0 Å². The molecule has 0 aromatic heterocycles. The second-order valence-corrected chi connectivity index (χ2v) is 6.24. The first-order valence-corrected chi connectivity index (χ1v) is 6.79. The highest BCUT2D eigenvalue weighted by Crippen LogP contribution is 2.39. The minimum absolute atomic E-state index is 0.0866. The van der Waals surface area contributed by atoms with Gasteiger partial charge in [0.25, 0.3) is 0 Å². The topological polar surface area (TPSA) is 20.3 Å². The molecule has 1 aromatic rings. The van der Waals surface area contributed by atoms with E-state index in [-0.39, 0.29) is 15.9 Å². The molecule has 1 saturated heterocycles. The Morgan fingerprint density at radius 1 is 1.42 bits per heavy atom. The molecular formula is C11H7ClF3NOS2. The van der Waals surface area contributed by atoms with E-state index in [1.54, 1.807) is 6.92 Å². The van der Waals surface area contributed by atoms with Crippen molar-refractivity contribution >= 4 is 51.5 Å². The summed E-state index contributed by atoms with van der Waals surface area (Å²) in [7, 11) is 0. The zero-order valence-electron chi connectivity index (χ0n) is 9.49. The van der Waals surface area contributed by atoms with Crippen molar-refractivity contribution in [1.82, 2.24) is 0 Å². The third-order valence-corrected chi connectivity index (χ3v) is 4.28. The van der Waals surface area contributed by atoms with Gasteiger partial charge in [-0.05, 0) is 25.1 Å². The second kappa shape index (κ2) is 4.96. The Kier molecular flexibility index (Phi) is 3.81. The summed E-state index contributed by atoms with van der Waals surface area (Å²) in [6.07, 6.45) is -4.57. The van der Waals surface area contributed by atoms with E-state index in [0.29, 0.717) is 0 Å². The van der Waals surface area contributed by atoms with Gasteiger partial charge in [0.1, 0.15) is 4.32 Å². The lowest BCUT2D eigenvalue weighted by Crippen LogP contribution is -2.30. The highest BCUT2D eigenvalue weighted by molar-refractivity contribution is 8.25. The number of carbonyl (C=O) groups is 1. The van der Waals surface area contributed by atoms with Gasteiger partial charge in [-0.2, -0.15) is 13.2 Å². The van der Waals surface area contributed by atoms with Crippen molar-refractivity contribution < 1.29 is 18.0 Å². The first-order chi connectivity index (χ1) is 8.71. The van der Waals surface area contributed by atoms with Gasteiger partial charge in [0.2, 0.25) is 5.91 Å². The van der Waals surface area contributed by atoms with Gasteiger partial charge in [0.15, 0.2) is 0 Å². The zero-order chi connectivity index (χ0) is 14.4. The van der Waals surface area contributed by atoms with Gasteiger partial charge in [0.05, 0.1) is 21.5 Å². The maximum Gasteiger partial charge on any atom is 0.417 e. The maximum atomic E-state index is 12.8. The van der Waals surface area contributed by atoms with Crippen LogP contribution in [0.5, 0.6) is 0 Å². The van der Waals surface area contributed by atoms with Crippen LogP contribution in [0.3, 0.4) is 0 Å². The smallest absolute Gasteiger partial charge is 0.273 e. The summed E-state index contributed by atoms with van der Waals surface area (Å²) in [5, 5.41) is -0.799. The SMILES string of the molecule is CC1SC(=S)N(c2ccc(Cl)c(C(F)(F)F)c2)C1=O. The van der Waals surface area contributed by atoms with Gasteiger partial charge in [-0.15, -0.1) is 0 Å². The van der Waals surface area contributed by atoms with Crippen LogP contribution >= 0.6 is 35.6 Å². The highest BCUT2D eigenvalue weighted by Gasteiger charge is 2.38. The van der Waals surface area contributed by atoms with Crippen LogP contribution in [-0.4, -0.2) is 15.5 Å². The van der Waals surface area contributed by atoms with Gasteiger partial charge in [-0.3, -0.25) is 9.69 Å². The van der Waals surface area contributed by atoms with Crippen molar-refractivity contribution in [3.8, 4) is 0 Å². The molecule has 8 heteroatoms. The first kappa shape index (κ1) is 14.6. The van der Waals surface area contributed by atoms with Crippen LogP contribution in [0.25, 0.3) is 0 Å². The maximum absolute atomic E-state index is 12.8. The molecule has 0 radical (unpaired) electrons. The van der Waals surface area contributed by atoms with Crippen LogP contribution in [0.1, 0.15) is 12.5 Å². The van der Waals surface area contributed by atoms with Gasteiger partial charge in [-0.25, -0.2) is 0 Å². The molecule has 1 amide bonds. The van der Waals surface area contributed by atoms with Crippen molar-refractivity contribution in [1.29, 1.82) is 0 Å². The molecule has 1 fully saturated rings. The normalized spacial score (nSPS) is 20.3. The number of amides is 1. The van der Waals surface area contributed by atoms with Crippen molar-refractivity contribution in [3.05, 3.63) is 28.8 Å². The minimum Gasteiger partial charge on any atom is -0.273 e. The molecule has 0 aliphatic carbocycles. The lowest BCUT2D eigenvalue weighted by atomic mass is 10.1. The third kappa shape index (κ3) is 2.73. The molecule has 1 aliphatic heterocycles. The quantitative estimate of drug-likeness (QED) is 0.725. The minimum atomic E-state index is -4.57. The van der Waals surface area contributed by atoms with E-state index in [1.807, 2.05) is 0 Å². The molecule has 1 unspecified atom stereocenters. The second-order valence-electron chi connectivity index (χ2n) is 3.86. The van der Waals surface area contributed by atoms with E-state index in [1.165, 1.54) is 6.07 Å². The van der Waals surface area contributed by atoms with E-state index in [2.05, 4.69) is 0 Å². The zero-order valence-corrected chi connectivity index (χ0v) is 11.9. The van der Waals surface area contributed by atoms with Crippen LogP contribution < -0.4 is 4.90 Å². The number of halogens is 4. The van der Waals surface area contributed by atoms with Crippen LogP contribution in [0, 0.1) is 0 Å². The van der Waals surface area contributed by atoms with Crippen molar-refractivity contribution in [2.24, 2.45) is 0 Å². The third-order valence-electron chi connectivity index (χ3n) is 2.54. The van der Waals surface area contributed by atoms with Crippen molar-refractivity contribution in [3.63, 3.8) is 0 Å². The Bertz CT molecular complexity index is 561. The molecule has 2 nitrogen and oxygen atoms in total. The lowest BCUT2D eigenvalue weighted by molar-refractivity contribution is -0.137. The average Bonchev–Trinajstić information content (AvgIpc) is 2.53. The molecule has 0 bridgehead atoms. The number of benzene rings is 1. The predicted octanol–water partition coefficient (Wildman–Crippen LogP) is 4.11. The van der Waals surface area contributed by atoms with E-state index < -0.39 is 22.0 Å². The van der Waals surface area contributed by atoms with Crippen LogP contribution in [0.4, 0.5) is 18.9 Å². The number of nitrogens with zero attached hydrogens (tertiary/aromatic N) is 1. The van der Waals surface area contributed by atoms with E-state index >= 15 is 0 Å². The van der Waals surface area contributed by atoms with E-state index in [9.17, 15) is 18.0 Å². The molecule has 1 aliphatic rings. The monoisotopic (exact) mass is 325 g/mol. The predicted molar refractivity (Wildman–Crippen MR) is 73.6 cm³/mol. The number of hydrogen-bond acceptors (Lipinski definition) is 3. The number of thioether (sulfide) groups is 1. The van der Waals surface area contributed by atoms with Gasteiger partial charge in [0, 0.05) is 0 Å². The summed E-state index contributed by atoms with van der Waals surface area (Å²) >= 11 is 11.7. The summed E-state index contributed by atoms with van der Waals surface area (Å²) in [4.78, 5) is 13.0. The molecule has 0 spiro atoms. The molecule has 19 heavy (non-hydrogen) atoms. The fourth-order valence-electron chi connectivity index (χ4n) is 1.63. The number of thiocarbonyl (C=S) groups is 1. The molecule has 1 heterocycles. The highest BCUT2D eigenvalue weighted by atomic mass is 35.5. The molecule has 102 valence electrons. The molecule has 0 saturated carbocycles. The summed E-state index contributed by atoms with van der Waals surface area (Å²) in [6, 6.07) is 3.30.